The Balaban J connectivity index is 2.55. The second-order valence-corrected chi connectivity index (χ2v) is 3.88. The highest BCUT2D eigenvalue weighted by atomic mass is 16.6. The van der Waals surface area contributed by atoms with Crippen LogP contribution in [0, 0.1) is 10.1 Å². The predicted octanol–water partition coefficient (Wildman–Crippen LogP) is 2.14. The minimum atomic E-state index is -0.431. The summed E-state index contributed by atoms with van der Waals surface area (Å²) >= 11 is 0. The fourth-order valence-corrected chi connectivity index (χ4v) is 1.20. The van der Waals surface area contributed by atoms with Crippen molar-refractivity contribution in [2.24, 2.45) is 0 Å². The molecule has 17 heavy (non-hydrogen) atoms. The molecule has 1 aromatic carbocycles. The van der Waals surface area contributed by atoms with Crippen LogP contribution in [0.4, 0.5) is 5.69 Å². The Morgan fingerprint density at radius 3 is 2.47 bits per heavy atom. The van der Waals surface area contributed by atoms with Gasteiger partial charge in [-0.3, -0.25) is 10.1 Å². The van der Waals surface area contributed by atoms with E-state index >= 15 is 0 Å². The van der Waals surface area contributed by atoms with E-state index in [0.717, 1.165) is 12.1 Å². The van der Waals surface area contributed by atoms with Gasteiger partial charge in [0.2, 0.25) is 0 Å². The molecule has 1 rings (SSSR count). The SMILES string of the molecule is C=C(OCCN(C)C)c1ccc([N+](=O)[O-])cc1. The van der Waals surface area contributed by atoms with E-state index in [0.29, 0.717) is 12.4 Å². The van der Waals surface area contributed by atoms with Gasteiger partial charge in [-0.15, -0.1) is 0 Å². The van der Waals surface area contributed by atoms with Crippen LogP contribution in [0.3, 0.4) is 0 Å². The highest BCUT2D eigenvalue weighted by molar-refractivity contribution is 5.58. The summed E-state index contributed by atoms with van der Waals surface area (Å²) < 4.78 is 5.43. The molecule has 5 nitrogen and oxygen atoms in total. The lowest BCUT2D eigenvalue weighted by Gasteiger charge is -2.12. The lowest BCUT2D eigenvalue weighted by Crippen LogP contribution is -2.17. The largest absolute Gasteiger partial charge is 0.492 e. The third-order valence-electron chi connectivity index (χ3n) is 2.21. The van der Waals surface area contributed by atoms with Crippen molar-refractivity contribution in [2.75, 3.05) is 27.2 Å². The summed E-state index contributed by atoms with van der Waals surface area (Å²) in [5.41, 5.74) is 0.823. The van der Waals surface area contributed by atoms with E-state index in [1.54, 1.807) is 12.1 Å². The molecule has 0 saturated heterocycles. The van der Waals surface area contributed by atoms with Gasteiger partial charge in [-0.05, 0) is 26.2 Å². The molecule has 0 radical (unpaired) electrons. The van der Waals surface area contributed by atoms with Gasteiger partial charge in [-0.1, -0.05) is 6.58 Å². The van der Waals surface area contributed by atoms with Crippen LogP contribution in [0.1, 0.15) is 5.56 Å². The van der Waals surface area contributed by atoms with Gasteiger partial charge in [0.15, 0.2) is 0 Å². The smallest absolute Gasteiger partial charge is 0.269 e. The molecule has 0 bridgehead atoms. The molecular formula is C12H16N2O3. The first-order chi connectivity index (χ1) is 8.00. The van der Waals surface area contributed by atoms with Gasteiger partial charge in [0, 0.05) is 24.2 Å². The number of likely N-dealkylation sites (N-methyl/N-ethyl adjacent to an activating group) is 1. The van der Waals surface area contributed by atoms with Crippen LogP contribution in [0.15, 0.2) is 30.8 Å². The molecule has 0 amide bonds. The van der Waals surface area contributed by atoms with Crippen LogP contribution < -0.4 is 0 Å². The molecule has 0 heterocycles. The summed E-state index contributed by atoms with van der Waals surface area (Å²) in [7, 11) is 3.91. The summed E-state index contributed by atoms with van der Waals surface area (Å²) in [5.74, 6) is 0.529. The van der Waals surface area contributed by atoms with Crippen LogP contribution in [0.25, 0.3) is 5.76 Å². The molecule has 1 aromatic rings. The Bertz CT molecular complexity index is 399. The highest BCUT2D eigenvalue weighted by Gasteiger charge is 2.06. The van der Waals surface area contributed by atoms with Crippen LogP contribution in [0.5, 0.6) is 0 Å². The fraction of sp³-hybridized carbons (Fsp3) is 0.333. The molecule has 0 N–H and O–H groups in total. The number of non-ortho nitro benzene ring substituents is 1. The zero-order valence-corrected chi connectivity index (χ0v) is 10.0. The number of hydrogen-bond donors (Lipinski definition) is 0. The molecule has 0 aliphatic rings. The number of rotatable bonds is 6. The highest BCUT2D eigenvalue weighted by Crippen LogP contribution is 2.18. The van der Waals surface area contributed by atoms with E-state index in [1.165, 1.54) is 12.1 Å². The minimum Gasteiger partial charge on any atom is -0.492 e. The maximum absolute atomic E-state index is 10.5. The van der Waals surface area contributed by atoms with Crippen LogP contribution in [-0.2, 0) is 4.74 Å². The Labute approximate surface area is 100 Å². The number of benzene rings is 1. The molecule has 0 saturated carbocycles. The third kappa shape index (κ3) is 4.24. The fourth-order valence-electron chi connectivity index (χ4n) is 1.20. The number of nitrogens with zero attached hydrogens (tertiary/aromatic N) is 2. The average molecular weight is 236 g/mol. The third-order valence-corrected chi connectivity index (χ3v) is 2.21. The Morgan fingerprint density at radius 2 is 2.00 bits per heavy atom. The number of ether oxygens (including phenoxy) is 1. The van der Waals surface area contributed by atoms with Crippen molar-refractivity contribution in [2.45, 2.75) is 0 Å². The molecule has 5 heteroatoms. The van der Waals surface area contributed by atoms with Crippen molar-refractivity contribution >= 4 is 11.4 Å². The van der Waals surface area contributed by atoms with Gasteiger partial charge in [0.1, 0.15) is 12.4 Å². The number of hydrogen-bond acceptors (Lipinski definition) is 4. The van der Waals surface area contributed by atoms with E-state index in [-0.39, 0.29) is 5.69 Å². The zero-order valence-electron chi connectivity index (χ0n) is 10.0. The van der Waals surface area contributed by atoms with Gasteiger partial charge in [0.25, 0.3) is 5.69 Å². The predicted molar refractivity (Wildman–Crippen MR) is 66.6 cm³/mol. The molecule has 92 valence electrons. The van der Waals surface area contributed by atoms with Crippen molar-refractivity contribution in [3.05, 3.63) is 46.5 Å². The summed E-state index contributed by atoms with van der Waals surface area (Å²) in [6.07, 6.45) is 0. The van der Waals surface area contributed by atoms with Crippen molar-refractivity contribution in [1.82, 2.24) is 4.90 Å². The standard InChI is InChI=1S/C12H16N2O3/c1-10(17-9-8-13(2)3)11-4-6-12(7-5-11)14(15)16/h4-7H,1,8-9H2,2-3H3. The zero-order chi connectivity index (χ0) is 12.8. The topological polar surface area (TPSA) is 55.6 Å². The van der Waals surface area contributed by atoms with Gasteiger partial charge < -0.3 is 9.64 Å². The maximum atomic E-state index is 10.5. The lowest BCUT2D eigenvalue weighted by atomic mass is 10.2. The second-order valence-electron chi connectivity index (χ2n) is 3.88. The van der Waals surface area contributed by atoms with Crippen LogP contribution >= 0.6 is 0 Å². The van der Waals surface area contributed by atoms with Crippen molar-refractivity contribution in [3.8, 4) is 0 Å². The van der Waals surface area contributed by atoms with E-state index in [4.69, 9.17) is 4.74 Å². The average Bonchev–Trinajstić information content (AvgIpc) is 2.28. The minimum absolute atomic E-state index is 0.0647. The number of nitro benzene ring substituents is 1. The monoisotopic (exact) mass is 236 g/mol. The van der Waals surface area contributed by atoms with E-state index in [1.807, 2.05) is 19.0 Å². The first kappa shape index (κ1) is 13.2. The first-order valence-electron chi connectivity index (χ1n) is 5.22. The van der Waals surface area contributed by atoms with Crippen LogP contribution in [0.2, 0.25) is 0 Å². The summed E-state index contributed by atoms with van der Waals surface area (Å²) in [4.78, 5) is 12.0. The molecule has 0 atom stereocenters. The molecule has 0 unspecified atom stereocenters. The van der Waals surface area contributed by atoms with Gasteiger partial charge in [-0.2, -0.15) is 0 Å². The van der Waals surface area contributed by atoms with Gasteiger partial charge >= 0.3 is 0 Å². The summed E-state index contributed by atoms with van der Waals surface area (Å²) in [6.45, 7) is 5.13. The van der Waals surface area contributed by atoms with Gasteiger partial charge in [-0.25, -0.2) is 0 Å². The van der Waals surface area contributed by atoms with Crippen molar-refractivity contribution in [1.29, 1.82) is 0 Å². The Kier molecular flexibility index (Phi) is 4.66. The number of nitro groups is 1. The molecule has 0 aliphatic carbocycles. The molecule has 0 aromatic heterocycles. The van der Waals surface area contributed by atoms with Crippen LogP contribution in [-0.4, -0.2) is 37.1 Å². The second kappa shape index (κ2) is 6.00. The maximum Gasteiger partial charge on any atom is 0.269 e. The molecule has 0 aliphatic heterocycles. The quantitative estimate of drug-likeness (QED) is 0.431. The van der Waals surface area contributed by atoms with Gasteiger partial charge in [0.05, 0.1) is 4.92 Å². The molecule has 0 fully saturated rings. The van der Waals surface area contributed by atoms with E-state index in [9.17, 15) is 10.1 Å². The Morgan fingerprint density at radius 1 is 1.41 bits per heavy atom. The van der Waals surface area contributed by atoms with E-state index < -0.39 is 4.92 Å². The summed E-state index contributed by atoms with van der Waals surface area (Å²) in [6, 6.07) is 6.15. The molecule has 0 spiro atoms. The Hall–Kier alpha value is -1.88. The lowest BCUT2D eigenvalue weighted by molar-refractivity contribution is -0.384. The van der Waals surface area contributed by atoms with Crippen molar-refractivity contribution in [3.63, 3.8) is 0 Å². The summed E-state index contributed by atoms with van der Waals surface area (Å²) in [5, 5.41) is 10.5. The normalized spacial score (nSPS) is 10.3. The molecular weight excluding hydrogens is 220 g/mol. The van der Waals surface area contributed by atoms with Crippen molar-refractivity contribution < 1.29 is 9.66 Å². The first-order valence-corrected chi connectivity index (χ1v) is 5.22. The van der Waals surface area contributed by atoms with E-state index in [2.05, 4.69) is 6.58 Å².